The maximum Gasteiger partial charge on any atom is 0.164 e. The molecule has 3 heteroatoms. The van der Waals surface area contributed by atoms with Crippen LogP contribution in [0.15, 0.2) is 36.4 Å². The van der Waals surface area contributed by atoms with Crippen molar-refractivity contribution in [1.29, 1.82) is 0 Å². The number of hydrogen-bond donors (Lipinski definition) is 0. The van der Waals surface area contributed by atoms with Crippen molar-refractivity contribution in [3.05, 3.63) is 58.7 Å². The lowest BCUT2D eigenvalue weighted by molar-refractivity contribution is 0.337. The molecule has 0 saturated carbocycles. The molecule has 1 aliphatic carbocycles. The first-order valence-electron chi connectivity index (χ1n) is 7.27. The van der Waals surface area contributed by atoms with Gasteiger partial charge in [0, 0.05) is 5.56 Å². The fourth-order valence-corrected chi connectivity index (χ4v) is 3.54. The monoisotopic (exact) mass is 282 g/mol. The van der Waals surface area contributed by atoms with Gasteiger partial charge in [0.25, 0.3) is 0 Å². The molecule has 0 N–H and O–H groups in total. The van der Waals surface area contributed by atoms with E-state index in [2.05, 4.69) is 30.3 Å². The first-order chi connectivity index (χ1) is 10.3. The number of methoxy groups -OCH3 is 2. The van der Waals surface area contributed by atoms with Gasteiger partial charge in [-0.3, -0.25) is 0 Å². The molecule has 108 valence electrons. The van der Waals surface area contributed by atoms with E-state index in [-0.39, 0.29) is 5.60 Å². The molecule has 0 amide bonds. The molecular formula is C18H18O3. The van der Waals surface area contributed by atoms with E-state index in [1.807, 2.05) is 6.07 Å². The Kier molecular flexibility index (Phi) is 2.73. The Hall–Kier alpha value is -2.00. The van der Waals surface area contributed by atoms with Gasteiger partial charge < -0.3 is 14.2 Å². The van der Waals surface area contributed by atoms with Gasteiger partial charge in [0.2, 0.25) is 0 Å². The van der Waals surface area contributed by atoms with Crippen LogP contribution in [-0.2, 0) is 23.2 Å². The van der Waals surface area contributed by atoms with E-state index in [1.165, 1.54) is 22.3 Å². The van der Waals surface area contributed by atoms with Crippen LogP contribution in [0.1, 0.15) is 22.3 Å². The molecule has 1 fully saturated rings. The first-order valence-corrected chi connectivity index (χ1v) is 7.27. The highest BCUT2D eigenvalue weighted by atomic mass is 16.6. The summed E-state index contributed by atoms with van der Waals surface area (Å²) in [6.07, 6.45) is 1.94. The molecule has 0 unspecified atom stereocenters. The van der Waals surface area contributed by atoms with Crippen molar-refractivity contribution >= 4 is 0 Å². The second kappa shape index (κ2) is 4.50. The second-order valence-electron chi connectivity index (χ2n) is 5.60. The number of ether oxygens (including phenoxy) is 3. The standard InChI is InChI=1S/C18H18O3/c1-19-16-10-9-15-13(17(16)20-2)8-7-12-5-3-4-6-14(12)18(15)11-21-18/h3-6,9-10H,7-8,11H2,1-2H3/t18-/m1/s1. The van der Waals surface area contributed by atoms with Crippen LogP contribution in [0.25, 0.3) is 0 Å². The number of benzene rings is 2. The molecule has 1 atom stereocenters. The smallest absolute Gasteiger partial charge is 0.164 e. The molecular weight excluding hydrogens is 264 g/mol. The second-order valence-corrected chi connectivity index (χ2v) is 5.60. The molecule has 2 aromatic carbocycles. The van der Waals surface area contributed by atoms with Crippen molar-refractivity contribution in [2.24, 2.45) is 0 Å². The third kappa shape index (κ3) is 1.70. The minimum absolute atomic E-state index is 0.276. The Morgan fingerprint density at radius 2 is 1.76 bits per heavy atom. The van der Waals surface area contributed by atoms with E-state index >= 15 is 0 Å². The van der Waals surface area contributed by atoms with Crippen molar-refractivity contribution in [3.8, 4) is 11.5 Å². The summed E-state index contributed by atoms with van der Waals surface area (Å²) in [6.45, 7) is 0.743. The molecule has 0 aromatic heterocycles. The highest BCUT2D eigenvalue weighted by Crippen LogP contribution is 2.52. The summed E-state index contributed by atoms with van der Waals surface area (Å²) in [4.78, 5) is 0. The lowest BCUT2D eigenvalue weighted by Gasteiger charge is -2.19. The molecule has 0 bridgehead atoms. The van der Waals surface area contributed by atoms with E-state index in [0.29, 0.717) is 0 Å². The van der Waals surface area contributed by atoms with Gasteiger partial charge in [-0.15, -0.1) is 0 Å². The molecule has 21 heavy (non-hydrogen) atoms. The van der Waals surface area contributed by atoms with Gasteiger partial charge in [0.1, 0.15) is 5.60 Å². The number of aryl methyl sites for hydroxylation is 1. The summed E-state index contributed by atoms with van der Waals surface area (Å²) in [6, 6.07) is 12.7. The lowest BCUT2D eigenvalue weighted by atomic mass is 9.88. The van der Waals surface area contributed by atoms with E-state index in [1.54, 1.807) is 14.2 Å². The van der Waals surface area contributed by atoms with Crippen LogP contribution in [0.3, 0.4) is 0 Å². The summed E-state index contributed by atoms with van der Waals surface area (Å²) < 4.78 is 17.0. The van der Waals surface area contributed by atoms with Gasteiger partial charge in [-0.05, 0) is 35.6 Å². The number of epoxide rings is 1. The summed E-state index contributed by atoms with van der Waals surface area (Å²) in [5.74, 6) is 1.63. The summed E-state index contributed by atoms with van der Waals surface area (Å²) in [5, 5.41) is 0. The Labute approximate surface area is 124 Å². The SMILES string of the molecule is COc1ccc2c(c1OC)CCc1ccccc1[C@]21CO1. The Bertz CT molecular complexity index is 702. The van der Waals surface area contributed by atoms with Gasteiger partial charge in [0.05, 0.1) is 20.8 Å². The molecule has 2 aromatic rings. The predicted molar refractivity (Wildman–Crippen MR) is 80.1 cm³/mol. The summed E-state index contributed by atoms with van der Waals surface area (Å²) in [5.41, 5.74) is 4.83. The molecule has 3 nitrogen and oxygen atoms in total. The summed E-state index contributed by atoms with van der Waals surface area (Å²) >= 11 is 0. The molecule has 1 spiro atoms. The van der Waals surface area contributed by atoms with Crippen LogP contribution in [0.4, 0.5) is 0 Å². The predicted octanol–water partition coefficient (Wildman–Crippen LogP) is 3.08. The molecule has 0 radical (unpaired) electrons. The minimum atomic E-state index is -0.276. The zero-order valence-corrected chi connectivity index (χ0v) is 12.3. The Morgan fingerprint density at radius 1 is 0.952 bits per heavy atom. The van der Waals surface area contributed by atoms with Crippen molar-refractivity contribution in [2.75, 3.05) is 20.8 Å². The molecule has 1 aliphatic heterocycles. The molecule has 2 aliphatic rings. The lowest BCUT2D eigenvalue weighted by Crippen LogP contribution is -2.13. The van der Waals surface area contributed by atoms with Gasteiger partial charge in [-0.1, -0.05) is 30.3 Å². The maximum absolute atomic E-state index is 5.95. The number of fused-ring (bicyclic) bond motifs is 4. The van der Waals surface area contributed by atoms with E-state index in [9.17, 15) is 0 Å². The van der Waals surface area contributed by atoms with Crippen LogP contribution in [0.2, 0.25) is 0 Å². The third-order valence-corrected chi connectivity index (χ3v) is 4.61. The molecule has 4 rings (SSSR count). The quantitative estimate of drug-likeness (QED) is 0.793. The number of rotatable bonds is 2. The normalized spacial score (nSPS) is 22.2. The van der Waals surface area contributed by atoms with Crippen LogP contribution in [0.5, 0.6) is 11.5 Å². The van der Waals surface area contributed by atoms with Crippen molar-refractivity contribution in [2.45, 2.75) is 18.4 Å². The fourth-order valence-electron chi connectivity index (χ4n) is 3.54. The third-order valence-electron chi connectivity index (χ3n) is 4.61. The minimum Gasteiger partial charge on any atom is -0.493 e. The fraction of sp³-hybridized carbons (Fsp3) is 0.333. The van der Waals surface area contributed by atoms with E-state index < -0.39 is 0 Å². The van der Waals surface area contributed by atoms with Crippen molar-refractivity contribution in [1.82, 2.24) is 0 Å². The largest absolute Gasteiger partial charge is 0.493 e. The van der Waals surface area contributed by atoms with Gasteiger partial charge in [-0.25, -0.2) is 0 Å². The van der Waals surface area contributed by atoms with Crippen LogP contribution in [-0.4, -0.2) is 20.8 Å². The zero-order valence-electron chi connectivity index (χ0n) is 12.3. The Morgan fingerprint density at radius 3 is 2.48 bits per heavy atom. The van der Waals surface area contributed by atoms with E-state index in [0.717, 1.165) is 30.9 Å². The molecule has 1 saturated heterocycles. The van der Waals surface area contributed by atoms with Crippen LogP contribution < -0.4 is 9.47 Å². The Balaban J connectivity index is 1.96. The van der Waals surface area contributed by atoms with Gasteiger partial charge >= 0.3 is 0 Å². The van der Waals surface area contributed by atoms with Crippen molar-refractivity contribution < 1.29 is 14.2 Å². The van der Waals surface area contributed by atoms with Crippen LogP contribution in [0, 0.1) is 0 Å². The van der Waals surface area contributed by atoms with Gasteiger partial charge in [0.15, 0.2) is 11.5 Å². The summed E-state index contributed by atoms with van der Waals surface area (Å²) in [7, 11) is 3.38. The topological polar surface area (TPSA) is 31.0 Å². The zero-order chi connectivity index (χ0) is 14.4. The van der Waals surface area contributed by atoms with Gasteiger partial charge in [-0.2, -0.15) is 0 Å². The van der Waals surface area contributed by atoms with E-state index in [4.69, 9.17) is 14.2 Å². The maximum atomic E-state index is 5.95. The average molecular weight is 282 g/mol. The number of hydrogen-bond acceptors (Lipinski definition) is 3. The van der Waals surface area contributed by atoms with Crippen LogP contribution >= 0.6 is 0 Å². The average Bonchev–Trinajstić information content (AvgIpc) is 3.34. The molecule has 1 heterocycles. The first kappa shape index (κ1) is 12.7. The highest BCUT2D eigenvalue weighted by molar-refractivity contribution is 5.59. The van der Waals surface area contributed by atoms with Crippen molar-refractivity contribution in [3.63, 3.8) is 0 Å². The highest BCUT2D eigenvalue weighted by Gasteiger charge is 2.52.